The lowest BCUT2D eigenvalue weighted by Gasteiger charge is -2.14. The molecule has 0 amide bonds. The molecule has 0 aliphatic rings. The van der Waals surface area contributed by atoms with E-state index in [9.17, 15) is 9.59 Å². The SMILES string of the molecule is O=C(O)c1cc(Cl)c(OCCOc2c(Cl)cc(C(=O)O)c(Cl)c2Cl)c(Cl)c1. The van der Waals surface area contributed by atoms with Crippen molar-refractivity contribution >= 4 is 69.9 Å². The molecule has 27 heavy (non-hydrogen) atoms. The fourth-order valence-electron chi connectivity index (χ4n) is 1.98. The fourth-order valence-corrected chi connectivity index (χ4v) is 3.36. The summed E-state index contributed by atoms with van der Waals surface area (Å²) < 4.78 is 10.8. The molecule has 0 atom stereocenters. The molecule has 0 aliphatic heterocycles. The van der Waals surface area contributed by atoms with Crippen molar-refractivity contribution in [2.45, 2.75) is 0 Å². The van der Waals surface area contributed by atoms with Crippen LogP contribution < -0.4 is 9.47 Å². The zero-order valence-electron chi connectivity index (χ0n) is 13.1. The van der Waals surface area contributed by atoms with Crippen LogP contribution in [0.15, 0.2) is 18.2 Å². The van der Waals surface area contributed by atoms with Gasteiger partial charge >= 0.3 is 11.9 Å². The Hall–Kier alpha value is -1.57. The Labute approximate surface area is 178 Å². The van der Waals surface area contributed by atoms with Crippen molar-refractivity contribution in [1.29, 1.82) is 0 Å². The highest BCUT2D eigenvalue weighted by Crippen LogP contribution is 2.41. The molecule has 0 aromatic heterocycles. The number of carboxylic acid groups (broad SMARTS) is 2. The van der Waals surface area contributed by atoms with E-state index in [0.717, 1.165) is 6.07 Å². The maximum absolute atomic E-state index is 11.1. The van der Waals surface area contributed by atoms with E-state index in [2.05, 4.69) is 0 Å². The van der Waals surface area contributed by atoms with Crippen molar-refractivity contribution in [3.63, 3.8) is 0 Å². The van der Waals surface area contributed by atoms with E-state index in [0.29, 0.717) is 0 Å². The van der Waals surface area contributed by atoms with Crippen LogP contribution in [0.4, 0.5) is 0 Å². The smallest absolute Gasteiger partial charge is 0.337 e. The second-order valence-electron chi connectivity index (χ2n) is 4.94. The van der Waals surface area contributed by atoms with Crippen molar-refractivity contribution in [3.8, 4) is 11.5 Å². The summed E-state index contributed by atoms with van der Waals surface area (Å²) in [5.74, 6) is -2.38. The van der Waals surface area contributed by atoms with Crippen molar-refractivity contribution < 1.29 is 29.3 Å². The van der Waals surface area contributed by atoms with Crippen LogP contribution in [0.2, 0.25) is 25.1 Å². The predicted molar refractivity (Wildman–Crippen MR) is 103 cm³/mol. The molecule has 0 radical (unpaired) electrons. The number of carbonyl (C=O) groups is 2. The van der Waals surface area contributed by atoms with Crippen LogP contribution in [-0.2, 0) is 0 Å². The summed E-state index contributed by atoms with van der Waals surface area (Å²) in [5.41, 5.74) is -0.340. The number of carboxylic acids is 2. The fraction of sp³-hybridized carbons (Fsp3) is 0.125. The lowest BCUT2D eigenvalue weighted by molar-refractivity contribution is 0.0686. The van der Waals surface area contributed by atoms with Gasteiger partial charge in [0.2, 0.25) is 0 Å². The highest BCUT2D eigenvalue weighted by molar-refractivity contribution is 6.46. The van der Waals surface area contributed by atoms with Crippen molar-refractivity contribution in [3.05, 3.63) is 54.4 Å². The molecule has 0 aliphatic carbocycles. The average Bonchev–Trinajstić information content (AvgIpc) is 2.58. The molecule has 2 aromatic rings. The van der Waals surface area contributed by atoms with Gasteiger partial charge in [0, 0.05) is 0 Å². The monoisotopic (exact) mass is 472 g/mol. The molecule has 6 nitrogen and oxygen atoms in total. The molecule has 0 unspecified atom stereocenters. The van der Waals surface area contributed by atoms with Gasteiger partial charge in [-0.3, -0.25) is 0 Å². The average molecular weight is 475 g/mol. The minimum Gasteiger partial charge on any atom is -0.487 e. The van der Waals surface area contributed by atoms with Crippen LogP contribution >= 0.6 is 58.0 Å². The van der Waals surface area contributed by atoms with Gasteiger partial charge in [-0.25, -0.2) is 9.59 Å². The molecule has 0 spiro atoms. The first-order chi connectivity index (χ1) is 12.6. The van der Waals surface area contributed by atoms with Gasteiger partial charge in [0.25, 0.3) is 0 Å². The third kappa shape index (κ3) is 5.03. The molecule has 2 aromatic carbocycles. The first kappa shape index (κ1) is 21.7. The largest absolute Gasteiger partial charge is 0.487 e. The maximum atomic E-state index is 11.1. The Bertz CT molecular complexity index is 892. The van der Waals surface area contributed by atoms with E-state index in [1.54, 1.807) is 0 Å². The Kier molecular flexibility index (Phi) is 7.31. The Morgan fingerprint density at radius 3 is 1.70 bits per heavy atom. The topological polar surface area (TPSA) is 93.1 Å². The number of halogens is 5. The normalized spacial score (nSPS) is 10.6. The summed E-state index contributed by atoms with van der Waals surface area (Å²) in [6, 6.07) is 3.51. The number of hydrogen-bond acceptors (Lipinski definition) is 4. The quantitative estimate of drug-likeness (QED) is 0.389. The summed E-state index contributed by atoms with van der Waals surface area (Å²) in [7, 11) is 0. The standard InChI is InChI=1S/C16H9Cl5O6/c17-8-3-6(15(22)23)4-9(18)13(8)26-1-2-27-14-10(19)5-7(16(24)25)11(20)12(14)21/h3-5H,1-2H2,(H,22,23)(H,24,25). The maximum Gasteiger partial charge on any atom is 0.337 e. The van der Waals surface area contributed by atoms with Crippen molar-refractivity contribution in [2.24, 2.45) is 0 Å². The molecule has 0 bridgehead atoms. The zero-order valence-corrected chi connectivity index (χ0v) is 16.8. The van der Waals surface area contributed by atoms with Crippen LogP contribution in [-0.4, -0.2) is 35.4 Å². The molecular weight excluding hydrogens is 465 g/mol. The molecule has 2 N–H and O–H groups in total. The van der Waals surface area contributed by atoms with Crippen molar-refractivity contribution in [2.75, 3.05) is 13.2 Å². The predicted octanol–water partition coefficient (Wildman–Crippen LogP) is 5.81. The summed E-state index contributed by atoms with van der Waals surface area (Å²) in [5, 5.41) is 17.6. The van der Waals surface area contributed by atoms with E-state index < -0.39 is 11.9 Å². The van der Waals surface area contributed by atoms with Gasteiger partial charge in [-0.1, -0.05) is 58.0 Å². The summed E-state index contributed by atoms with van der Waals surface area (Å²) >= 11 is 29.8. The number of aromatic carboxylic acids is 2. The van der Waals surface area contributed by atoms with E-state index in [4.69, 9.17) is 77.7 Å². The Balaban J connectivity index is 2.07. The molecule has 0 saturated heterocycles. The Morgan fingerprint density at radius 1 is 0.741 bits per heavy atom. The molecule has 0 fully saturated rings. The number of rotatable bonds is 7. The second kappa shape index (κ2) is 9.08. The third-order valence-electron chi connectivity index (χ3n) is 3.17. The van der Waals surface area contributed by atoms with Crippen LogP contribution in [0.25, 0.3) is 0 Å². The lowest BCUT2D eigenvalue weighted by Crippen LogP contribution is -2.11. The van der Waals surface area contributed by atoms with Crippen LogP contribution in [0.5, 0.6) is 11.5 Å². The highest BCUT2D eigenvalue weighted by atomic mass is 35.5. The number of ether oxygens (including phenoxy) is 2. The van der Waals surface area contributed by atoms with E-state index in [1.807, 2.05) is 0 Å². The molecule has 144 valence electrons. The van der Waals surface area contributed by atoms with Gasteiger partial charge in [-0.05, 0) is 18.2 Å². The van der Waals surface area contributed by atoms with Gasteiger partial charge in [-0.15, -0.1) is 0 Å². The second-order valence-corrected chi connectivity index (χ2v) is 6.92. The number of benzene rings is 2. The third-order valence-corrected chi connectivity index (χ3v) is 4.86. The van der Waals surface area contributed by atoms with Crippen LogP contribution in [0, 0.1) is 0 Å². The van der Waals surface area contributed by atoms with Crippen LogP contribution in [0.1, 0.15) is 20.7 Å². The van der Waals surface area contributed by atoms with E-state index in [1.165, 1.54) is 12.1 Å². The first-order valence-corrected chi connectivity index (χ1v) is 8.91. The Morgan fingerprint density at radius 2 is 1.22 bits per heavy atom. The molecule has 0 heterocycles. The molecule has 2 rings (SSSR count). The minimum absolute atomic E-state index is 0.00430. The van der Waals surface area contributed by atoms with E-state index >= 15 is 0 Å². The molecule has 0 saturated carbocycles. The first-order valence-electron chi connectivity index (χ1n) is 7.02. The number of hydrogen-bond donors (Lipinski definition) is 2. The summed E-state index contributed by atoms with van der Waals surface area (Å²) in [4.78, 5) is 22.0. The van der Waals surface area contributed by atoms with Crippen molar-refractivity contribution in [1.82, 2.24) is 0 Å². The minimum atomic E-state index is -1.28. The summed E-state index contributed by atoms with van der Waals surface area (Å²) in [6.07, 6.45) is 0. The molecule has 11 heteroatoms. The highest BCUT2D eigenvalue weighted by Gasteiger charge is 2.20. The van der Waals surface area contributed by atoms with E-state index in [-0.39, 0.29) is 61.0 Å². The zero-order chi connectivity index (χ0) is 20.3. The van der Waals surface area contributed by atoms with Gasteiger partial charge in [0.1, 0.15) is 18.2 Å². The van der Waals surface area contributed by atoms with Gasteiger partial charge in [0.05, 0.1) is 31.2 Å². The van der Waals surface area contributed by atoms with Gasteiger partial charge < -0.3 is 19.7 Å². The van der Waals surface area contributed by atoms with Gasteiger partial charge in [-0.2, -0.15) is 0 Å². The molecular formula is C16H9Cl5O6. The summed E-state index contributed by atoms with van der Waals surface area (Å²) in [6.45, 7) is -0.105. The lowest BCUT2D eigenvalue weighted by atomic mass is 10.2. The van der Waals surface area contributed by atoms with Crippen LogP contribution in [0.3, 0.4) is 0 Å². The van der Waals surface area contributed by atoms with Gasteiger partial charge in [0.15, 0.2) is 11.5 Å².